The lowest BCUT2D eigenvalue weighted by molar-refractivity contribution is 0.0857. The monoisotopic (exact) mass is 342 g/mol. The lowest BCUT2D eigenvalue weighted by Gasteiger charge is -2.11. The zero-order chi connectivity index (χ0) is 17.6. The smallest absolute Gasteiger partial charge is 0.255 e. The lowest BCUT2D eigenvalue weighted by Crippen LogP contribution is -2.31. The quantitative estimate of drug-likeness (QED) is 0.878. The van der Waals surface area contributed by atoms with Gasteiger partial charge in [-0.25, -0.2) is 4.39 Å². The Morgan fingerprint density at radius 1 is 1.08 bits per heavy atom. The molecule has 0 unspecified atom stereocenters. The Morgan fingerprint density at radius 3 is 2.60 bits per heavy atom. The van der Waals surface area contributed by atoms with E-state index in [2.05, 4.69) is 10.6 Å². The van der Waals surface area contributed by atoms with E-state index in [-0.39, 0.29) is 17.9 Å². The molecule has 3 rings (SSSR count). The summed E-state index contributed by atoms with van der Waals surface area (Å²) in [6.07, 6.45) is 2.05. The van der Waals surface area contributed by atoms with Gasteiger partial charge < -0.3 is 15.4 Å². The SMILES string of the molecule is O=C(NC[C@H]1CCCO1)c1cccc(NC(=O)c2ccc(F)cc2)c1. The Balaban J connectivity index is 1.61. The van der Waals surface area contributed by atoms with E-state index in [0.717, 1.165) is 19.4 Å². The van der Waals surface area contributed by atoms with E-state index in [4.69, 9.17) is 4.74 Å². The third-order valence-corrected chi connectivity index (χ3v) is 4.00. The van der Waals surface area contributed by atoms with Gasteiger partial charge in [0, 0.05) is 30.0 Å². The molecule has 1 atom stereocenters. The standard InChI is InChI=1S/C19H19FN2O3/c20-15-8-6-13(7-9-15)19(24)22-16-4-1-3-14(11-16)18(23)21-12-17-5-2-10-25-17/h1,3-4,6-9,11,17H,2,5,10,12H2,(H,21,23)(H,22,24)/t17-/m1/s1. The van der Waals surface area contributed by atoms with E-state index in [9.17, 15) is 14.0 Å². The number of amides is 2. The van der Waals surface area contributed by atoms with Crippen LogP contribution in [-0.4, -0.2) is 31.1 Å². The van der Waals surface area contributed by atoms with E-state index in [0.29, 0.717) is 23.4 Å². The normalized spacial score (nSPS) is 16.4. The average molecular weight is 342 g/mol. The third kappa shape index (κ3) is 4.64. The summed E-state index contributed by atoms with van der Waals surface area (Å²) in [5, 5.41) is 5.55. The summed E-state index contributed by atoms with van der Waals surface area (Å²) in [6, 6.07) is 11.9. The number of ether oxygens (including phenoxy) is 1. The van der Waals surface area contributed by atoms with Gasteiger partial charge in [-0.15, -0.1) is 0 Å². The van der Waals surface area contributed by atoms with Crippen LogP contribution >= 0.6 is 0 Å². The predicted octanol–water partition coefficient (Wildman–Crippen LogP) is 2.99. The fourth-order valence-electron chi connectivity index (χ4n) is 2.66. The highest BCUT2D eigenvalue weighted by atomic mass is 19.1. The number of benzene rings is 2. The van der Waals surface area contributed by atoms with E-state index >= 15 is 0 Å². The minimum Gasteiger partial charge on any atom is -0.376 e. The molecule has 0 aliphatic carbocycles. The van der Waals surface area contributed by atoms with Crippen LogP contribution in [0.25, 0.3) is 0 Å². The lowest BCUT2D eigenvalue weighted by atomic mass is 10.1. The van der Waals surface area contributed by atoms with Crippen LogP contribution < -0.4 is 10.6 Å². The summed E-state index contributed by atoms with van der Waals surface area (Å²) in [4.78, 5) is 24.4. The molecule has 0 aromatic heterocycles. The second-order valence-corrected chi connectivity index (χ2v) is 5.89. The molecule has 130 valence electrons. The van der Waals surface area contributed by atoms with Crippen molar-refractivity contribution >= 4 is 17.5 Å². The van der Waals surface area contributed by atoms with Gasteiger partial charge in [-0.2, -0.15) is 0 Å². The first kappa shape index (κ1) is 17.1. The van der Waals surface area contributed by atoms with Crippen molar-refractivity contribution in [2.45, 2.75) is 18.9 Å². The summed E-state index contributed by atoms with van der Waals surface area (Å²) >= 11 is 0. The van der Waals surface area contributed by atoms with Crippen molar-refractivity contribution in [2.75, 3.05) is 18.5 Å². The van der Waals surface area contributed by atoms with Crippen molar-refractivity contribution in [3.05, 3.63) is 65.5 Å². The summed E-state index contributed by atoms with van der Waals surface area (Å²) in [6.45, 7) is 1.22. The summed E-state index contributed by atoms with van der Waals surface area (Å²) < 4.78 is 18.4. The van der Waals surface area contributed by atoms with Gasteiger partial charge in [0.1, 0.15) is 5.82 Å². The second-order valence-electron chi connectivity index (χ2n) is 5.89. The van der Waals surface area contributed by atoms with Crippen LogP contribution in [0.4, 0.5) is 10.1 Å². The van der Waals surface area contributed by atoms with Crippen LogP contribution in [0.5, 0.6) is 0 Å². The molecule has 1 aliphatic rings. The number of hydrogen-bond acceptors (Lipinski definition) is 3. The van der Waals surface area contributed by atoms with Gasteiger partial charge in [0.2, 0.25) is 0 Å². The van der Waals surface area contributed by atoms with Gasteiger partial charge in [-0.3, -0.25) is 9.59 Å². The molecule has 2 N–H and O–H groups in total. The summed E-state index contributed by atoms with van der Waals surface area (Å²) in [5.41, 5.74) is 1.30. The van der Waals surface area contributed by atoms with Gasteiger partial charge in [0.15, 0.2) is 0 Å². The van der Waals surface area contributed by atoms with E-state index in [1.807, 2.05) is 0 Å². The zero-order valence-corrected chi connectivity index (χ0v) is 13.6. The maximum Gasteiger partial charge on any atom is 0.255 e. The average Bonchev–Trinajstić information content (AvgIpc) is 3.14. The van der Waals surface area contributed by atoms with Crippen LogP contribution in [0.2, 0.25) is 0 Å². The number of hydrogen-bond donors (Lipinski definition) is 2. The Bertz CT molecular complexity index is 756. The van der Waals surface area contributed by atoms with Crippen molar-refractivity contribution in [2.24, 2.45) is 0 Å². The summed E-state index contributed by atoms with van der Waals surface area (Å²) in [5.74, 6) is -0.980. The molecule has 1 aliphatic heterocycles. The molecule has 25 heavy (non-hydrogen) atoms. The second kappa shape index (κ2) is 7.90. The molecule has 0 bridgehead atoms. The first-order valence-electron chi connectivity index (χ1n) is 8.18. The maximum atomic E-state index is 12.9. The van der Waals surface area contributed by atoms with Gasteiger partial charge in [0.05, 0.1) is 6.10 Å². The molecular weight excluding hydrogens is 323 g/mol. The molecule has 2 aromatic rings. The van der Waals surface area contributed by atoms with Crippen LogP contribution in [0.15, 0.2) is 48.5 Å². The fraction of sp³-hybridized carbons (Fsp3) is 0.263. The molecule has 0 radical (unpaired) electrons. The molecule has 6 heteroatoms. The van der Waals surface area contributed by atoms with E-state index in [1.165, 1.54) is 24.3 Å². The summed E-state index contributed by atoms with van der Waals surface area (Å²) in [7, 11) is 0. The highest BCUT2D eigenvalue weighted by Crippen LogP contribution is 2.14. The molecule has 1 fully saturated rings. The number of carbonyl (C=O) groups excluding carboxylic acids is 2. The Kier molecular flexibility index (Phi) is 5.40. The number of carbonyl (C=O) groups is 2. The predicted molar refractivity (Wildman–Crippen MR) is 92.1 cm³/mol. The Labute approximate surface area is 145 Å². The molecule has 0 spiro atoms. The molecule has 5 nitrogen and oxygen atoms in total. The van der Waals surface area contributed by atoms with Crippen molar-refractivity contribution in [1.82, 2.24) is 5.32 Å². The maximum absolute atomic E-state index is 12.9. The van der Waals surface area contributed by atoms with Gasteiger partial charge in [0.25, 0.3) is 11.8 Å². The van der Waals surface area contributed by atoms with Gasteiger partial charge in [-0.05, 0) is 55.3 Å². The topological polar surface area (TPSA) is 67.4 Å². The number of nitrogens with one attached hydrogen (secondary N) is 2. The van der Waals surface area contributed by atoms with Crippen molar-refractivity contribution < 1.29 is 18.7 Å². The number of halogens is 1. The highest BCUT2D eigenvalue weighted by Gasteiger charge is 2.17. The Morgan fingerprint density at radius 2 is 1.88 bits per heavy atom. The van der Waals surface area contributed by atoms with Crippen LogP contribution in [0.1, 0.15) is 33.6 Å². The zero-order valence-electron chi connectivity index (χ0n) is 13.6. The van der Waals surface area contributed by atoms with Crippen molar-refractivity contribution in [1.29, 1.82) is 0 Å². The molecular formula is C19H19FN2O3. The number of anilines is 1. The first-order valence-corrected chi connectivity index (χ1v) is 8.18. The largest absolute Gasteiger partial charge is 0.376 e. The fourth-order valence-corrected chi connectivity index (χ4v) is 2.66. The van der Waals surface area contributed by atoms with Crippen LogP contribution in [0, 0.1) is 5.82 Å². The number of rotatable bonds is 5. The van der Waals surface area contributed by atoms with E-state index in [1.54, 1.807) is 24.3 Å². The molecule has 1 heterocycles. The first-order chi connectivity index (χ1) is 12.1. The van der Waals surface area contributed by atoms with Crippen molar-refractivity contribution in [3.63, 3.8) is 0 Å². The van der Waals surface area contributed by atoms with Crippen LogP contribution in [-0.2, 0) is 4.74 Å². The highest BCUT2D eigenvalue weighted by molar-refractivity contribution is 6.05. The minimum atomic E-state index is -0.401. The van der Waals surface area contributed by atoms with Crippen molar-refractivity contribution in [3.8, 4) is 0 Å². The molecule has 0 saturated carbocycles. The van der Waals surface area contributed by atoms with Crippen LogP contribution in [0.3, 0.4) is 0 Å². The van der Waals surface area contributed by atoms with Gasteiger partial charge in [-0.1, -0.05) is 6.07 Å². The molecule has 1 saturated heterocycles. The molecule has 2 aromatic carbocycles. The van der Waals surface area contributed by atoms with Gasteiger partial charge >= 0.3 is 0 Å². The third-order valence-electron chi connectivity index (χ3n) is 4.00. The van der Waals surface area contributed by atoms with E-state index < -0.39 is 5.82 Å². The molecule has 2 amide bonds. The Hall–Kier alpha value is -2.73. The minimum absolute atomic E-state index is 0.0744.